The molecule has 5 heteroatoms. The van der Waals surface area contributed by atoms with Crippen LogP contribution in [0.3, 0.4) is 0 Å². The summed E-state index contributed by atoms with van der Waals surface area (Å²) in [6.07, 6.45) is 0. The molecule has 1 N–H and O–H groups in total. The summed E-state index contributed by atoms with van der Waals surface area (Å²) >= 11 is 4.73. The van der Waals surface area contributed by atoms with Crippen LogP contribution >= 0.6 is 12.2 Å². The second kappa shape index (κ2) is 4.20. The van der Waals surface area contributed by atoms with E-state index in [1.54, 1.807) is 0 Å². The van der Waals surface area contributed by atoms with E-state index < -0.39 is 17.2 Å². The topological polar surface area (TPSA) is 29.5 Å². The molecule has 0 heterocycles. The molecule has 0 aromatic heterocycles. The zero-order valence-corrected chi connectivity index (χ0v) is 9.07. The van der Waals surface area contributed by atoms with Crippen molar-refractivity contribution in [3.63, 3.8) is 0 Å². The molecule has 1 atom stereocenters. The second-order valence-corrected chi connectivity index (χ2v) is 3.56. The van der Waals surface area contributed by atoms with Gasteiger partial charge in [-0.3, -0.25) is 0 Å². The molecule has 2 nitrogen and oxygen atoms in total. The Labute approximate surface area is 91.5 Å². The van der Waals surface area contributed by atoms with Crippen LogP contribution in [0.2, 0.25) is 0 Å². The lowest BCUT2D eigenvalue weighted by molar-refractivity contribution is 0.104. The second-order valence-electron chi connectivity index (χ2n) is 3.19. The minimum atomic E-state index is -1.75. The number of methoxy groups -OCH3 is 1. The van der Waals surface area contributed by atoms with Gasteiger partial charge in [0.1, 0.15) is 11.6 Å². The normalized spacial score (nSPS) is 14.5. The Morgan fingerprint density at radius 2 is 2.07 bits per heavy atom. The third-order valence-corrected chi connectivity index (χ3v) is 2.60. The van der Waals surface area contributed by atoms with Crippen LogP contribution < -0.4 is 0 Å². The van der Waals surface area contributed by atoms with Crippen molar-refractivity contribution < 1.29 is 18.6 Å². The van der Waals surface area contributed by atoms with Gasteiger partial charge in [-0.25, -0.2) is 8.78 Å². The molecule has 0 amide bonds. The van der Waals surface area contributed by atoms with Crippen LogP contribution in [0.5, 0.6) is 0 Å². The van der Waals surface area contributed by atoms with Crippen LogP contribution in [0.1, 0.15) is 12.5 Å². The first-order chi connectivity index (χ1) is 6.89. The van der Waals surface area contributed by atoms with Crippen molar-refractivity contribution in [1.82, 2.24) is 0 Å². The first-order valence-electron chi connectivity index (χ1n) is 4.16. The first kappa shape index (κ1) is 12.0. The number of hydrogen-bond donors (Lipinski definition) is 1. The predicted octanol–water partition coefficient (Wildman–Crippen LogP) is 2.15. The van der Waals surface area contributed by atoms with E-state index in [1.165, 1.54) is 14.0 Å². The molecule has 0 spiro atoms. The van der Waals surface area contributed by atoms with Crippen molar-refractivity contribution >= 4 is 17.3 Å². The predicted molar refractivity (Wildman–Crippen MR) is 55.5 cm³/mol. The Hall–Kier alpha value is -1.07. The Morgan fingerprint density at radius 1 is 1.47 bits per heavy atom. The van der Waals surface area contributed by atoms with Gasteiger partial charge in [0.15, 0.2) is 10.7 Å². The Kier molecular flexibility index (Phi) is 3.36. The summed E-state index contributed by atoms with van der Waals surface area (Å²) in [5.41, 5.74) is -1.86. The van der Waals surface area contributed by atoms with E-state index in [2.05, 4.69) is 4.74 Å². The summed E-state index contributed by atoms with van der Waals surface area (Å²) < 4.78 is 30.6. The summed E-state index contributed by atoms with van der Waals surface area (Å²) in [4.78, 5) is 0. The summed E-state index contributed by atoms with van der Waals surface area (Å²) in [5.74, 6) is -1.57. The quantitative estimate of drug-likeness (QED) is 0.792. The van der Waals surface area contributed by atoms with E-state index >= 15 is 0 Å². The standard InChI is InChI=1S/C10H10F2O2S/c1-10(13,9(15)14-2)7-4-3-6(11)5-8(7)12/h3-5,13H,1-2H3. The van der Waals surface area contributed by atoms with E-state index in [9.17, 15) is 13.9 Å². The molecule has 15 heavy (non-hydrogen) atoms. The van der Waals surface area contributed by atoms with Crippen molar-refractivity contribution in [2.24, 2.45) is 0 Å². The Morgan fingerprint density at radius 3 is 2.53 bits per heavy atom. The summed E-state index contributed by atoms with van der Waals surface area (Å²) in [5, 5.41) is 9.72. The maximum absolute atomic E-state index is 13.3. The highest BCUT2D eigenvalue weighted by Crippen LogP contribution is 2.26. The molecule has 1 aromatic carbocycles. The number of rotatable bonds is 2. The van der Waals surface area contributed by atoms with Crippen molar-refractivity contribution in [2.45, 2.75) is 12.5 Å². The molecule has 0 radical (unpaired) electrons. The van der Waals surface area contributed by atoms with E-state index in [0.717, 1.165) is 12.1 Å². The summed E-state index contributed by atoms with van der Waals surface area (Å²) in [7, 11) is 1.28. The fraction of sp³-hybridized carbons (Fsp3) is 0.300. The van der Waals surface area contributed by atoms with Crippen molar-refractivity contribution in [3.8, 4) is 0 Å². The monoisotopic (exact) mass is 232 g/mol. The van der Waals surface area contributed by atoms with Crippen LogP contribution in [0, 0.1) is 11.6 Å². The molecule has 0 aliphatic carbocycles. The lowest BCUT2D eigenvalue weighted by Crippen LogP contribution is -2.33. The lowest BCUT2D eigenvalue weighted by Gasteiger charge is -2.23. The fourth-order valence-corrected chi connectivity index (χ4v) is 1.30. The molecule has 0 saturated heterocycles. The Bertz CT molecular complexity index is 391. The van der Waals surface area contributed by atoms with Crippen LogP contribution in [0.15, 0.2) is 18.2 Å². The molecule has 1 rings (SSSR count). The highest BCUT2D eigenvalue weighted by Gasteiger charge is 2.32. The molecular weight excluding hydrogens is 222 g/mol. The number of ether oxygens (including phenoxy) is 1. The molecule has 0 aliphatic heterocycles. The zero-order valence-electron chi connectivity index (χ0n) is 8.25. The number of hydrogen-bond acceptors (Lipinski definition) is 3. The van der Waals surface area contributed by atoms with Gasteiger partial charge in [-0.15, -0.1) is 0 Å². The van der Waals surface area contributed by atoms with Gasteiger partial charge < -0.3 is 9.84 Å². The number of aliphatic hydroxyl groups is 1. The van der Waals surface area contributed by atoms with E-state index in [0.29, 0.717) is 6.07 Å². The average molecular weight is 232 g/mol. The number of thiocarbonyl (C=S) groups is 1. The maximum atomic E-state index is 13.3. The third-order valence-electron chi connectivity index (χ3n) is 2.04. The van der Waals surface area contributed by atoms with E-state index in [1.807, 2.05) is 0 Å². The van der Waals surface area contributed by atoms with Gasteiger partial charge in [0.05, 0.1) is 7.11 Å². The Balaban J connectivity index is 3.21. The molecule has 0 saturated carbocycles. The molecule has 0 aliphatic rings. The fourth-order valence-electron chi connectivity index (χ4n) is 1.19. The first-order valence-corrected chi connectivity index (χ1v) is 4.56. The molecule has 82 valence electrons. The molecular formula is C10H10F2O2S. The van der Waals surface area contributed by atoms with Crippen molar-refractivity contribution in [1.29, 1.82) is 0 Å². The highest BCUT2D eigenvalue weighted by atomic mass is 32.1. The maximum Gasteiger partial charge on any atom is 0.195 e. The minimum Gasteiger partial charge on any atom is -0.487 e. The van der Waals surface area contributed by atoms with Gasteiger partial charge in [-0.05, 0) is 31.3 Å². The molecule has 0 fully saturated rings. The largest absolute Gasteiger partial charge is 0.487 e. The third kappa shape index (κ3) is 2.30. The highest BCUT2D eigenvalue weighted by molar-refractivity contribution is 7.80. The lowest BCUT2D eigenvalue weighted by atomic mass is 9.96. The van der Waals surface area contributed by atoms with Gasteiger partial charge in [-0.2, -0.15) is 0 Å². The van der Waals surface area contributed by atoms with Crippen LogP contribution in [-0.2, 0) is 10.3 Å². The SMILES string of the molecule is COC(=S)C(C)(O)c1ccc(F)cc1F. The summed E-state index contributed by atoms with van der Waals surface area (Å²) in [6, 6.07) is 2.86. The summed E-state index contributed by atoms with van der Waals surface area (Å²) in [6.45, 7) is 1.29. The van der Waals surface area contributed by atoms with Gasteiger partial charge >= 0.3 is 0 Å². The van der Waals surface area contributed by atoms with Gasteiger partial charge in [-0.1, -0.05) is 0 Å². The van der Waals surface area contributed by atoms with Gasteiger partial charge in [0.2, 0.25) is 0 Å². The molecule has 1 aromatic rings. The smallest absolute Gasteiger partial charge is 0.195 e. The minimum absolute atomic E-state index is 0.115. The average Bonchev–Trinajstić information content (AvgIpc) is 2.15. The van der Waals surface area contributed by atoms with E-state index in [4.69, 9.17) is 12.2 Å². The zero-order chi connectivity index (χ0) is 11.6. The van der Waals surface area contributed by atoms with Crippen molar-refractivity contribution in [3.05, 3.63) is 35.4 Å². The van der Waals surface area contributed by atoms with Crippen LogP contribution in [0.25, 0.3) is 0 Å². The van der Waals surface area contributed by atoms with E-state index in [-0.39, 0.29) is 10.6 Å². The number of halogens is 2. The molecule has 0 bridgehead atoms. The molecule has 1 unspecified atom stereocenters. The van der Waals surface area contributed by atoms with Gasteiger partial charge in [0.25, 0.3) is 0 Å². The number of benzene rings is 1. The van der Waals surface area contributed by atoms with Gasteiger partial charge in [0, 0.05) is 11.6 Å². The van der Waals surface area contributed by atoms with Crippen molar-refractivity contribution in [2.75, 3.05) is 7.11 Å². The van der Waals surface area contributed by atoms with Crippen LogP contribution in [-0.4, -0.2) is 17.3 Å². The van der Waals surface area contributed by atoms with Crippen LogP contribution in [0.4, 0.5) is 8.78 Å².